The highest BCUT2D eigenvalue weighted by atomic mass is 35.5. The van der Waals surface area contributed by atoms with Crippen LogP contribution in [0.25, 0.3) is 0 Å². The van der Waals surface area contributed by atoms with Crippen molar-refractivity contribution in [2.24, 2.45) is 0 Å². The van der Waals surface area contributed by atoms with E-state index in [1.165, 1.54) is 0 Å². The van der Waals surface area contributed by atoms with Crippen LogP contribution in [0.4, 0.5) is 0 Å². The third-order valence-electron chi connectivity index (χ3n) is 5.00. The highest BCUT2D eigenvalue weighted by Gasteiger charge is 2.29. The van der Waals surface area contributed by atoms with Gasteiger partial charge in [0, 0.05) is 12.6 Å². The van der Waals surface area contributed by atoms with E-state index in [0.717, 1.165) is 42.7 Å². The van der Waals surface area contributed by atoms with Crippen LogP contribution in [0.5, 0.6) is 11.5 Å². The Hall–Kier alpha value is -1.91. The van der Waals surface area contributed by atoms with Crippen molar-refractivity contribution >= 4 is 29.1 Å². The van der Waals surface area contributed by atoms with Gasteiger partial charge in [0.25, 0.3) is 5.91 Å². The highest BCUT2D eigenvalue weighted by Crippen LogP contribution is 2.35. The minimum absolute atomic E-state index is 0.0814. The Kier molecular flexibility index (Phi) is 4.96. The summed E-state index contributed by atoms with van der Waals surface area (Å²) in [6.45, 7) is 0.741. The Morgan fingerprint density at radius 3 is 2.65 bits per heavy atom. The molecule has 0 saturated heterocycles. The van der Waals surface area contributed by atoms with Crippen molar-refractivity contribution in [2.75, 3.05) is 6.79 Å². The van der Waals surface area contributed by atoms with Gasteiger partial charge in [-0.25, -0.2) is 0 Å². The van der Waals surface area contributed by atoms with E-state index in [1.807, 2.05) is 23.1 Å². The number of halogens is 2. The summed E-state index contributed by atoms with van der Waals surface area (Å²) in [5.74, 6) is 1.38. The van der Waals surface area contributed by atoms with Gasteiger partial charge in [-0.05, 0) is 42.7 Å². The lowest BCUT2D eigenvalue weighted by Gasteiger charge is -2.30. The molecule has 1 amide bonds. The second-order valence-electron chi connectivity index (χ2n) is 6.66. The first-order valence-corrected chi connectivity index (χ1v) is 9.52. The summed E-state index contributed by atoms with van der Waals surface area (Å²) in [4.78, 5) is 15.2. The minimum atomic E-state index is -0.0814. The summed E-state index contributed by atoms with van der Waals surface area (Å²) >= 11 is 12.4. The van der Waals surface area contributed by atoms with E-state index in [-0.39, 0.29) is 18.7 Å². The average Bonchev–Trinajstić information content (AvgIpc) is 3.32. The Labute approximate surface area is 162 Å². The summed E-state index contributed by atoms with van der Waals surface area (Å²) in [6, 6.07) is 11.2. The highest BCUT2D eigenvalue weighted by molar-refractivity contribution is 6.43. The van der Waals surface area contributed by atoms with Gasteiger partial charge in [-0.15, -0.1) is 0 Å². The van der Waals surface area contributed by atoms with E-state index >= 15 is 0 Å². The largest absolute Gasteiger partial charge is 0.454 e. The molecule has 0 atom stereocenters. The Morgan fingerprint density at radius 2 is 1.85 bits per heavy atom. The monoisotopic (exact) mass is 391 g/mol. The average molecular weight is 392 g/mol. The number of ether oxygens (including phenoxy) is 2. The molecule has 1 fully saturated rings. The van der Waals surface area contributed by atoms with E-state index in [4.69, 9.17) is 32.7 Å². The maximum absolute atomic E-state index is 13.3. The molecule has 1 saturated carbocycles. The second-order valence-corrected chi connectivity index (χ2v) is 7.45. The molecule has 0 bridgehead atoms. The summed E-state index contributed by atoms with van der Waals surface area (Å²) in [5, 5.41) is 0.708. The molecule has 2 aromatic rings. The molecule has 0 spiro atoms. The normalized spacial score (nSPS) is 16.1. The van der Waals surface area contributed by atoms with Crippen molar-refractivity contribution in [3.8, 4) is 11.5 Å². The van der Waals surface area contributed by atoms with Gasteiger partial charge >= 0.3 is 0 Å². The minimum Gasteiger partial charge on any atom is -0.454 e. The predicted octanol–water partition coefficient (Wildman–Crippen LogP) is 5.31. The zero-order valence-corrected chi connectivity index (χ0v) is 15.7. The van der Waals surface area contributed by atoms with Crippen molar-refractivity contribution in [3.63, 3.8) is 0 Å². The molecule has 4 rings (SSSR count). The fourth-order valence-corrected chi connectivity index (χ4v) is 4.02. The molecule has 4 nitrogen and oxygen atoms in total. The van der Waals surface area contributed by atoms with Crippen LogP contribution in [0, 0.1) is 0 Å². The van der Waals surface area contributed by atoms with Crippen LogP contribution in [-0.2, 0) is 6.54 Å². The van der Waals surface area contributed by atoms with Crippen molar-refractivity contribution in [3.05, 3.63) is 57.6 Å². The maximum Gasteiger partial charge on any atom is 0.255 e. The fourth-order valence-electron chi connectivity index (χ4n) is 3.64. The van der Waals surface area contributed by atoms with E-state index < -0.39 is 0 Å². The molecular weight excluding hydrogens is 373 g/mol. The van der Waals surface area contributed by atoms with E-state index in [0.29, 0.717) is 22.2 Å². The van der Waals surface area contributed by atoms with Crippen molar-refractivity contribution in [1.29, 1.82) is 0 Å². The van der Waals surface area contributed by atoms with Crippen LogP contribution in [0.1, 0.15) is 41.6 Å². The van der Waals surface area contributed by atoms with Gasteiger partial charge in [-0.2, -0.15) is 0 Å². The lowest BCUT2D eigenvalue weighted by atomic mass is 10.1. The number of carbonyl (C=O) groups is 1. The lowest BCUT2D eigenvalue weighted by Crippen LogP contribution is -2.38. The number of amides is 1. The zero-order valence-electron chi connectivity index (χ0n) is 14.2. The number of hydrogen-bond donors (Lipinski definition) is 0. The number of hydrogen-bond acceptors (Lipinski definition) is 3. The third-order valence-corrected chi connectivity index (χ3v) is 5.82. The Balaban J connectivity index is 1.64. The second kappa shape index (κ2) is 7.37. The van der Waals surface area contributed by atoms with Crippen LogP contribution in [0.2, 0.25) is 10.0 Å². The topological polar surface area (TPSA) is 38.8 Å². The van der Waals surface area contributed by atoms with Crippen LogP contribution in [-0.4, -0.2) is 23.6 Å². The number of rotatable bonds is 4. The van der Waals surface area contributed by atoms with Crippen molar-refractivity contribution in [2.45, 2.75) is 38.3 Å². The standard InChI is InChI=1S/C20H19Cl2NO3/c21-16-7-3-6-15(19(16)22)20(24)23(14-4-1-2-5-14)11-13-8-9-17-18(10-13)26-12-25-17/h3,6-10,14H,1-2,4-5,11-12H2. The molecule has 0 aromatic heterocycles. The fraction of sp³-hybridized carbons (Fsp3) is 0.350. The summed E-state index contributed by atoms with van der Waals surface area (Å²) in [5.41, 5.74) is 1.46. The number of carbonyl (C=O) groups excluding carboxylic acids is 1. The molecule has 2 aliphatic rings. The molecule has 0 N–H and O–H groups in total. The lowest BCUT2D eigenvalue weighted by molar-refractivity contribution is 0.0664. The molecule has 1 aliphatic heterocycles. The van der Waals surface area contributed by atoms with E-state index in [2.05, 4.69) is 0 Å². The van der Waals surface area contributed by atoms with E-state index in [9.17, 15) is 4.79 Å². The molecule has 1 aliphatic carbocycles. The van der Waals surface area contributed by atoms with Gasteiger partial charge in [0.1, 0.15) is 0 Å². The zero-order chi connectivity index (χ0) is 18.1. The van der Waals surface area contributed by atoms with Gasteiger partial charge in [0.15, 0.2) is 11.5 Å². The quantitative estimate of drug-likeness (QED) is 0.708. The first kappa shape index (κ1) is 17.5. The van der Waals surface area contributed by atoms with Gasteiger partial charge in [0.05, 0.1) is 15.6 Å². The molecular formula is C20H19Cl2NO3. The van der Waals surface area contributed by atoms with Gasteiger partial charge < -0.3 is 14.4 Å². The summed E-state index contributed by atoms with van der Waals surface area (Å²) in [7, 11) is 0. The molecule has 6 heteroatoms. The first-order valence-electron chi connectivity index (χ1n) is 8.77. The van der Waals surface area contributed by atoms with Gasteiger partial charge in [-0.1, -0.05) is 48.2 Å². The first-order chi connectivity index (χ1) is 12.6. The molecule has 136 valence electrons. The van der Waals surface area contributed by atoms with Crippen LogP contribution in [0.15, 0.2) is 36.4 Å². The number of benzene rings is 2. The molecule has 2 aromatic carbocycles. The van der Waals surface area contributed by atoms with Gasteiger partial charge in [-0.3, -0.25) is 4.79 Å². The third kappa shape index (κ3) is 3.36. The maximum atomic E-state index is 13.3. The number of nitrogens with zero attached hydrogens (tertiary/aromatic N) is 1. The van der Waals surface area contributed by atoms with Crippen LogP contribution >= 0.6 is 23.2 Å². The molecule has 26 heavy (non-hydrogen) atoms. The Bertz CT molecular complexity index is 834. The predicted molar refractivity (Wildman–Crippen MR) is 101 cm³/mol. The van der Waals surface area contributed by atoms with Crippen molar-refractivity contribution in [1.82, 2.24) is 4.90 Å². The van der Waals surface area contributed by atoms with Crippen LogP contribution < -0.4 is 9.47 Å². The van der Waals surface area contributed by atoms with E-state index in [1.54, 1.807) is 18.2 Å². The van der Waals surface area contributed by atoms with Crippen molar-refractivity contribution < 1.29 is 14.3 Å². The molecule has 0 unspecified atom stereocenters. The van der Waals surface area contributed by atoms with Gasteiger partial charge in [0.2, 0.25) is 6.79 Å². The summed E-state index contributed by atoms with van der Waals surface area (Å²) < 4.78 is 10.8. The molecule has 0 radical (unpaired) electrons. The molecule has 1 heterocycles. The Morgan fingerprint density at radius 1 is 1.08 bits per heavy atom. The smallest absolute Gasteiger partial charge is 0.255 e. The van der Waals surface area contributed by atoms with Crippen LogP contribution in [0.3, 0.4) is 0 Å². The number of fused-ring (bicyclic) bond motifs is 1. The SMILES string of the molecule is O=C(c1cccc(Cl)c1Cl)N(Cc1ccc2c(c1)OCO2)C1CCCC1. The summed E-state index contributed by atoms with van der Waals surface area (Å²) in [6.07, 6.45) is 4.29.